The van der Waals surface area contributed by atoms with Crippen LogP contribution in [0.4, 0.5) is 0 Å². The number of hydrogen-bond acceptors (Lipinski definition) is 26. The number of aliphatic carboxylic acids is 1. The van der Waals surface area contributed by atoms with Gasteiger partial charge in [-0.05, 0) is 107 Å². The van der Waals surface area contributed by atoms with Gasteiger partial charge in [0.2, 0.25) is 0 Å². The van der Waals surface area contributed by atoms with E-state index in [9.17, 15) is 85.6 Å². The Balaban J connectivity index is 1.06. The van der Waals surface area contributed by atoms with E-state index in [-0.39, 0.29) is 24.3 Å². The molecule has 504 valence electrons. The monoisotopic (exact) mass is 1270 g/mol. The molecule has 30 atom stereocenters. The number of ether oxygens (including phenoxy) is 10. The molecule has 4 saturated heterocycles. The second-order valence-corrected chi connectivity index (χ2v) is 28.0. The van der Waals surface area contributed by atoms with E-state index in [1.807, 2.05) is 13.8 Å². The highest BCUT2D eigenvalue weighted by Gasteiger charge is 2.74. The summed E-state index contributed by atoms with van der Waals surface area (Å²) in [6.07, 6.45) is -31.0. The Hall–Kier alpha value is -3.50. The largest absolute Gasteiger partial charge is 0.479 e. The van der Waals surface area contributed by atoms with Crippen LogP contribution in [0, 0.1) is 50.2 Å². The maximum Gasteiger partial charge on any atom is 0.335 e. The third-order valence-electron chi connectivity index (χ3n) is 22.9. The number of aliphatic hydroxyl groups excluding tert-OH is 12. The third-order valence-corrected chi connectivity index (χ3v) is 22.9. The van der Waals surface area contributed by atoms with Gasteiger partial charge in [-0.3, -0.25) is 0 Å². The second kappa shape index (κ2) is 26.0. The van der Waals surface area contributed by atoms with Crippen LogP contribution >= 0.6 is 0 Å². The van der Waals surface area contributed by atoms with Crippen molar-refractivity contribution in [2.45, 2.75) is 249 Å². The maximum absolute atomic E-state index is 14.2. The maximum atomic E-state index is 14.2. The van der Waals surface area contributed by atoms with Crippen LogP contribution in [0.2, 0.25) is 0 Å². The van der Waals surface area contributed by atoms with Gasteiger partial charge in [0.1, 0.15) is 91.7 Å². The van der Waals surface area contributed by atoms with Gasteiger partial charge in [-0.1, -0.05) is 65.3 Å². The van der Waals surface area contributed by atoms with E-state index in [1.165, 1.54) is 0 Å². The van der Waals surface area contributed by atoms with Crippen molar-refractivity contribution < 1.29 is 133 Å². The summed E-state index contributed by atoms with van der Waals surface area (Å²) < 4.78 is 60.9. The second-order valence-electron chi connectivity index (χ2n) is 28.0. The molecule has 0 unspecified atom stereocenters. The van der Waals surface area contributed by atoms with Crippen LogP contribution in [0.1, 0.15) is 114 Å². The molecule has 0 aromatic rings. The lowest BCUT2D eigenvalue weighted by molar-refractivity contribution is -0.398. The molecular weight excluding hydrogens is 1180 g/mol. The predicted molar refractivity (Wildman–Crippen MR) is 302 cm³/mol. The highest BCUT2D eigenvalue weighted by Crippen LogP contribution is 2.76. The van der Waals surface area contributed by atoms with Gasteiger partial charge in [0, 0.05) is 16.6 Å². The van der Waals surface area contributed by atoms with E-state index in [0.717, 1.165) is 11.9 Å². The van der Waals surface area contributed by atoms with Gasteiger partial charge in [-0.2, -0.15) is 0 Å². The van der Waals surface area contributed by atoms with Crippen molar-refractivity contribution in [2.75, 3.05) is 26.4 Å². The first-order valence-electron chi connectivity index (χ1n) is 31.0. The Labute approximate surface area is 516 Å². The Morgan fingerprint density at radius 1 is 0.629 bits per heavy atom. The number of aldehydes is 1. The van der Waals surface area contributed by atoms with Crippen molar-refractivity contribution in [3.8, 4) is 0 Å². The molecule has 0 bridgehead atoms. The minimum atomic E-state index is -2.28. The van der Waals surface area contributed by atoms with Gasteiger partial charge in [-0.15, -0.1) is 0 Å². The minimum Gasteiger partial charge on any atom is -0.479 e. The van der Waals surface area contributed by atoms with Gasteiger partial charge in [0.15, 0.2) is 37.4 Å². The molecule has 8 fully saturated rings. The average molecular weight is 1270 g/mol. The van der Waals surface area contributed by atoms with Gasteiger partial charge in [0.25, 0.3) is 0 Å². The molecule has 9 rings (SSSR count). The summed E-state index contributed by atoms with van der Waals surface area (Å²) in [5.74, 6) is -4.31. The number of hydrogen-bond donors (Lipinski definition) is 13. The van der Waals surface area contributed by atoms with E-state index < -0.39 is 224 Å². The van der Waals surface area contributed by atoms with E-state index in [0.29, 0.717) is 37.7 Å². The zero-order valence-electron chi connectivity index (χ0n) is 52.1. The normalized spacial score (nSPS) is 50.0. The van der Waals surface area contributed by atoms with Gasteiger partial charge >= 0.3 is 17.9 Å². The number of aliphatic hydroxyl groups is 12. The van der Waals surface area contributed by atoms with Crippen molar-refractivity contribution in [1.29, 1.82) is 0 Å². The summed E-state index contributed by atoms with van der Waals surface area (Å²) in [7, 11) is 0. The molecule has 0 aromatic heterocycles. The number of carbonyl (C=O) groups is 4. The van der Waals surface area contributed by atoms with E-state index in [2.05, 4.69) is 26.8 Å². The Morgan fingerprint density at radius 2 is 1.21 bits per heavy atom. The van der Waals surface area contributed by atoms with Crippen molar-refractivity contribution >= 4 is 24.2 Å². The Kier molecular flexibility index (Phi) is 20.4. The SMILES string of the molecule is CC=C(C)C(=O)O[C@H]1[C@H](OC(=O)C(C)=CC)[C@]2(CO)[C@H](O)C[C@]3(C)C(=CC[C@@H]4[C@@]5(C)CC[C@H](O[C@@H]6O[C@H](C(=O)O)[C@@H](O)[C@H](O[C@@H]7OC[C@H](O)[C@H](O)[C@H]7O[C@@H]7OC[C@@H](O)[C@H](O)[C@H]7O)[C@H]6O[C@@H]6O[C@H](CO)[C@H](O)[C@H](O)[C@H]6O)[C@@](C)(C=O)[C@@H]5CC[C@]43C)[C@@H]2CC1(C)C. The van der Waals surface area contributed by atoms with Crippen LogP contribution in [-0.4, -0.2) is 252 Å². The van der Waals surface area contributed by atoms with Gasteiger partial charge < -0.3 is 119 Å². The standard InChI is InChI=1S/C62H94O27/c1-11-26(3)51(78)88-48-49(89-52(79)27(4)12-2)62(25-65)29(19-57(48,5)6)28-13-14-34-58(7)17-16-36(59(8,24-64)33(58)15-18-60(34,9)61(28,10)20-35(62)68)83-56-47(87-54-42(74)40(72)39(71)32(21-63)82-54)44(43(75)45(85-56)50(76)77)84-55-46(38(70)31(67)23-81-55)86-53-41(73)37(69)30(66)22-80-53/h11-13,24,29-49,53-56,63,65-75H,14-23,25H2,1-10H3,(H,76,77)/t29-,30+,31-,32+,33+,34+,35+,36-,37-,38-,39-,40-,41+,42+,43-,44-,45-,46+,47+,48-,49-,53-,54-,55-,56+,58-,59-,60+,61+,62-/m0/s1. The molecule has 89 heavy (non-hydrogen) atoms. The number of carbonyl (C=O) groups excluding carboxylic acids is 3. The lowest BCUT2D eigenvalue weighted by atomic mass is 9.33. The molecule has 5 aliphatic carbocycles. The fourth-order valence-electron chi connectivity index (χ4n) is 17.1. The molecule has 27 nitrogen and oxygen atoms in total. The molecular formula is C62H94O27. The van der Waals surface area contributed by atoms with Crippen LogP contribution in [0.3, 0.4) is 0 Å². The first-order valence-corrected chi connectivity index (χ1v) is 31.0. The number of rotatable bonds is 16. The van der Waals surface area contributed by atoms with Crippen LogP contribution in [0.25, 0.3) is 0 Å². The summed E-state index contributed by atoms with van der Waals surface area (Å²) in [4.78, 5) is 54.9. The molecule has 0 radical (unpaired) electrons. The smallest absolute Gasteiger partial charge is 0.335 e. The van der Waals surface area contributed by atoms with Crippen LogP contribution < -0.4 is 0 Å². The van der Waals surface area contributed by atoms with Crippen molar-refractivity contribution in [1.82, 2.24) is 0 Å². The van der Waals surface area contributed by atoms with E-state index in [1.54, 1.807) is 46.8 Å². The number of carboxylic acids is 1. The first kappa shape index (κ1) is 69.8. The Morgan fingerprint density at radius 3 is 1.81 bits per heavy atom. The van der Waals surface area contributed by atoms with Crippen molar-refractivity contribution in [2.24, 2.45) is 50.2 Å². The molecule has 9 aliphatic rings. The molecule has 4 heterocycles. The predicted octanol–water partition coefficient (Wildman–Crippen LogP) is -1.07. The minimum absolute atomic E-state index is 0.106. The molecule has 27 heteroatoms. The summed E-state index contributed by atoms with van der Waals surface area (Å²) in [5, 5.41) is 144. The van der Waals surface area contributed by atoms with Crippen molar-refractivity contribution in [3.63, 3.8) is 0 Å². The zero-order chi connectivity index (χ0) is 65.6. The summed E-state index contributed by atoms with van der Waals surface area (Å²) in [5.41, 5.74) is -4.29. The molecule has 13 N–H and O–H groups in total. The Bertz CT molecular complexity index is 2680. The molecule has 4 aliphatic heterocycles. The quantitative estimate of drug-likeness (QED) is 0.0288. The van der Waals surface area contributed by atoms with Gasteiger partial charge in [0.05, 0.1) is 49.5 Å². The molecule has 0 aromatic carbocycles. The fourth-order valence-corrected chi connectivity index (χ4v) is 17.1. The molecule has 4 saturated carbocycles. The lowest BCUT2D eigenvalue weighted by Gasteiger charge is -2.72. The molecule has 0 amide bonds. The van der Waals surface area contributed by atoms with E-state index in [4.69, 9.17) is 47.4 Å². The van der Waals surface area contributed by atoms with Crippen LogP contribution in [-0.2, 0) is 66.5 Å². The fraction of sp³-hybridized carbons (Fsp3) is 0.839. The van der Waals surface area contributed by atoms with Crippen molar-refractivity contribution in [3.05, 3.63) is 34.9 Å². The van der Waals surface area contributed by atoms with Crippen LogP contribution in [0.15, 0.2) is 34.9 Å². The third kappa shape index (κ3) is 11.6. The summed E-state index contributed by atoms with van der Waals surface area (Å²) >= 11 is 0. The zero-order valence-corrected chi connectivity index (χ0v) is 52.1. The summed E-state index contributed by atoms with van der Waals surface area (Å²) in [6, 6.07) is 0. The highest BCUT2D eigenvalue weighted by atomic mass is 16.8. The van der Waals surface area contributed by atoms with Gasteiger partial charge in [-0.25, -0.2) is 14.4 Å². The average Bonchev–Trinajstić information content (AvgIpc) is 0.672. The lowest BCUT2D eigenvalue weighted by Crippen LogP contribution is -2.72. The number of esters is 2. The number of fused-ring (bicyclic) bond motifs is 7. The first-order chi connectivity index (χ1) is 41.7. The van der Waals surface area contributed by atoms with Crippen LogP contribution in [0.5, 0.6) is 0 Å². The number of carboxylic acid groups (broad SMARTS) is 1. The topological polar surface area (TPSA) is 424 Å². The molecule has 0 spiro atoms. The number of allylic oxidation sites excluding steroid dienone is 4. The highest BCUT2D eigenvalue weighted by molar-refractivity contribution is 5.89. The summed E-state index contributed by atoms with van der Waals surface area (Å²) in [6.45, 7) is 15.9. The van der Waals surface area contributed by atoms with E-state index >= 15 is 0 Å².